The zero-order valence-electron chi connectivity index (χ0n) is 20.3. The van der Waals surface area contributed by atoms with Crippen LogP contribution in [-0.2, 0) is 4.79 Å². The Bertz CT molecular complexity index is 1360. The summed E-state index contributed by atoms with van der Waals surface area (Å²) in [5.41, 5.74) is 7.41. The van der Waals surface area contributed by atoms with Crippen molar-refractivity contribution >= 4 is 45.1 Å². The van der Waals surface area contributed by atoms with Gasteiger partial charge in [0.1, 0.15) is 0 Å². The molecule has 3 heterocycles. The molecule has 1 aromatic heterocycles. The van der Waals surface area contributed by atoms with E-state index in [9.17, 15) is 9.59 Å². The summed E-state index contributed by atoms with van der Waals surface area (Å²) >= 11 is 3.55. The Hall–Kier alpha value is -3.16. The predicted molar refractivity (Wildman–Crippen MR) is 144 cm³/mol. The van der Waals surface area contributed by atoms with Gasteiger partial charge in [-0.15, -0.1) is 0 Å². The SMILES string of the molecule is Cc1[nH]c(/C=C2\C(=O)Nc3cccc(-c4cccc(Br)c4)c32)c(C)c1C(=O)N1C[C@@H](C)N[C@@H](C)C1. The molecule has 2 atom stereocenters. The first kappa shape index (κ1) is 23.6. The zero-order chi connectivity index (χ0) is 24.9. The molecule has 1 saturated heterocycles. The van der Waals surface area contributed by atoms with E-state index in [0.29, 0.717) is 24.2 Å². The Kier molecular flexibility index (Phi) is 6.15. The fourth-order valence-corrected chi connectivity index (χ4v) is 5.72. The summed E-state index contributed by atoms with van der Waals surface area (Å²) in [4.78, 5) is 31.8. The van der Waals surface area contributed by atoms with Crippen LogP contribution in [0.2, 0.25) is 0 Å². The summed E-state index contributed by atoms with van der Waals surface area (Å²) in [6.45, 7) is 9.42. The number of rotatable bonds is 3. The molecule has 3 N–H and O–H groups in total. The van der Waals surface area contributed by atoms with Crippen LogP contribution in [-0.4, -0.2) is 46.9 Å². The van der Waals surface area contributed by atoms with Crippen molar-refractivity contribution in [2.24, 2.45) is 0 Å². The summed E-state index contributed by atoms with van der Waals surface area (Å²) in [6.07, 6.45) is 1.88. The van der Waals surface area contributed by atoms with Crippen LogP contribution in [0.5, 0.6) is 0 Å². The average Bonchev–Trinajstić information content (AvgIpc) is 3.27. The monoisotopic (exact) mass is 532 g/mol. The molecule has 0 spiro atoms. The number of H-pyrrole nitrogens is 1. The van der Waals surface area contributed by atoms with Gasteiger partial charge in [0.15, 0.2) is 0 Å². The van der Waals surface area contributed by atoms with E-state index in [1.165, 1.54) is 0 Å². The number of hydrogen-bond donors (Lipinski definition) is 3. The maximum absolute atomic E-state index is 13.5. The number of aryl methyl sites for hydroxylation is 1. The first-order valence-corrected chi connectivity index (χ1v) is 12.7. The standard InChI is InChI=1S/C28H29BrN4O2/c1-15-13-33(14-16(2)30-15)28(35)25-17(3)24(31-18(25)4)12-22-26-21(19-7-5-8-20(29)11-19)9-6-10-23(26)32-27(22)34/h5-12,15-16,30-31H,13-14H2,1-4H3,(H,32,34)/b22-12-/t15-,16+. The smallest absolute Gasteiger partial charge is 0.256 e. The van der Waals surface area contributed by atoms with E-state index in [-0.39, 0.29) is 23.9 Å². The highest BCUT2D eigenvalue weighted by Crippen LogP contribution is 2.41. The fraction of sp³-hybridized carbons (Fsp3) is 0.286. The molecule has 35 heavy (non-hydrogen) atoms. The van der Waals surface area contributed by atoms with Crippen LogP contribution in [0.3, 0.4) is 0 Å². The predicted octanol–water partition coefficient (Wildman–Crippen LogP) is 5.38. The number of nitrogens with zero attached hydrogens (tertiary/aromatic N) is 1. The quantitative estimate of drug-likeness (QED) is 0.396. The number of carbonyl (C=O) groups excluding carboxylic acids is 2. The fourth-order valence-electron chi connectivity index (χ4n) is 5.32. The number of piperazine rings is 1. The summed E-state index contributed by atoms with van der Waals surface area (Å²) in [5.74, 6) is -0.112. The van der Waals surface area contributed by atoms with Crippen molar-refractivity contribution in [2.45, 2.75) is 39.8 Å². The van der Waals surface area contributed by atoms with Crippen LogP contribution >= 0.6 is 15.9 Å². The Morgan fingerprint density at radius 1 is 1.09 bits per heavy atom. The van der Waals surface area contributed by atoms with E-state index in [4.69, 9.17) is 0 Å². The second kappa shape index (κ2) is 9.13. The molecule has 0 bridgehead atoms. The van der Waals surface area contributed by atoms with E-state index in [0.717, 1.165) is 43.8 Å². The molecule has 0 unspecified atom stereocenters. The highest BCUT2D eigenvalue weighted by Gasteiger charge is 2.31. The van der Waals surface area contributed by atoms with Crippen LogP contribution in [0.4, 0.5) is 5.69 Å². The lowest BCUT2D eigenvalue weighted by Gasteiger charge is -2.36. The van der Waals surface area contributed by atoms with Gasteiger partial charge in [0.25, 0.3) is 11.8 Å². The van der Waals surface area contributed by atoms with E-state index >= 15 is 0 Å². The average molecular weight is 533 g/mol. The van der Waals surface area contributed by atoms with Gasteiger partial charge in [-0.1, -0.05) is 40.2 Å². The number of aromatic nitrogens is 1. The largest absolute Gasteiger partial charge is 0.358 e. The molecule has 2 aromatic carbocycles. The number of carbonyl (C=O) groups is 2. The molecule has 2 amide bonds. The molecule has 5 rings (SSSR count). The van der Waals surface area contributed by atoms with Crippen LogP contribution in [0.1, 0.15) is 46.7 Å². The minimum atomic E-state index is -0.147. The first-order valence-electron chi connectivity index (χ1n) is 11.9. The first-order chi connectivity index (χ1) is 16.7. The lowest BCUT2D eigenvalue weighted by atomic mass is 9.94. The van der Waals surface area contributed by atoms with Gasteiger partial charge in [0.05, 0.1) is 11.1 Å². The third-order valence-electron chi connectivity index (χ3n) is 6.79. The maximum atomic E-state index is 13.5. The van der Waals surface area contributed by atoms with Gasteiger partial charge in [-0.2, -0.15) is 0 Å². The number of halogens is 1. The van der Waals surface area contributed by atoms with Gasteiger partial charge < -0.3 is 20.5 Å². The van der Waals surface area contributed by atoms with Gasteiger partial charge in [-0.25, -0.2) is 0 Å². The number of fused-ring (bicyclic) bond motifs is 1. The van der Waals surface area contributed by atoms with Crippen molar-refractivity contribution in [2.75, 3.05) is 18.4 Å². The van der Waals surface area contributed by atoms with Crippen molar-refractivity contribution in [1.82, 2.24) is 15.2 Å². The molecule has 1 fully saturated rings. The third kappa shape index (κ3) is 4.34. The molecule has 2 aliphatic heterocycles. The lowest BCUT2D eigenvalue weighted by molar-refractivity contribution is -0.110. The number of nitrogens with one attached hydrogen (secondary N) is 3. The summed E-state index contributed by atoms with van der Waals surface area (Å²) in [5, 5.41) is 6.48. The molecule has 3 aromatic rings. The normalized spacial score (nSPS) is 20.8. The zero-order valence-corrected chi connectivity index (χ0v) is 21.9. The second-order valence-corrected chi connectivity index (χ2v) is 10.5. The summed E-state index contributed by atoms with van der Waals surface area (Å²) in [6, 6.07) is 14.5. The van der Waals surface area contributed by atoms with Gasteiger partial charge in [-0.05, 0) is 68.7 Å². The van der Waals surface area contributed by atoms with E-state index in [2.05, 4.69) is 45.4 Å². The minimum Gasteiger partial charge on any atom is -0.358 e. The third-order valence-corrected chi connectivity index (χ3v) is 7.28. The van der Waals surface area contributed by atoms with Crippen LogP contribution in [0, 0.1) is 13.8 Å². The van der Waals surface area contributed by atoms with E-state index in [1.807, 2.05) is 67.3 Å². The Morgan fingerprint density at radius 3 is 2.51 bits per heavy atom. The number of anilines is 1. The van der Waals surface area contributed by atoms with Crippen LogP contribution in [0.25, 0.3) is 22.8 Å². The van der Waals surface area contributed by atoms with Gasteiger partial charge in [0, 0.05) is 52.3 Å². The molecule has 6 nitrogen and oxygen atoms in total. The minimum absolute atomic E-state index is 0.0344. The van der Waals surface area contributed by atoms with Gasteiger partial charge in [-0.3, -0.25) is 9.59 Å². The van der Waals surface area contributed by atoms with Crippen molar-refractivity contribution in [3.05, 3.63) is 75.0 Å². The highest BCUT2D eigenvalue weighted by atomic mass is 79.9. The molecule has 180 valence electrons. The number of amides is 2. The second-order valence-electron chi connectivity index (χ2n) is 9.59. The molecular weight excluding hydrogens is 504 g/mol. The Morgan fingerprint density at radius 2 is 1.80 bits per heavy atom. The topological polar surface area (TPSA) is 77.2 Å². The Balaban J connectivity index is 1.56. The van der Waals surface area contributed by atoms with E-state index < -0.39 is 0 Å². The molecular formula is C28H29BrN4O2. The molecule has 0 saturated carbocycles. The maximum Gasteiger partial charge on any atom is 0.256 e. The van der Waals surface area contributed by atoms with Crippen LogP contribution < -0.4 is 10.6 Å². The van der Waals surface area contributed by atoms with Crippen molar-refractivity contribution < 1.29 is 9.59 Å². The molecule has 2 aliphatic rings. The van der Waals surface area contributed by atoms with Crippen molar-refractivity contribution in [3.63, 3.8) is 0 Å². The molecule has 0 aliphatic carbocycles. The summed E-state index contributed by atoms with van der Waals surface area (Å²) < 4.78 is 0.978. The lowest BCUT2D eigenvalue weighted by Crippen LogP contribution is -2.55. The van der Waals surface area contributed by atoms with Crippen LogP contribution in [0.15, 0.2) is 46.9 Å². The van der Waals surface area contributed by atoms with Gasteiger partial charge >= 0.3 is 0 Å². The number of hydrogen-bond acceptors (Lipinski definition) is 3. The van der Waals surface area contributed by atoms with E-state index in [1.54, 1.807) is 0 Å². The Labute approximate surface area is 213 Å². The molecule has 7 heteroatoms. The number of benzene rings is 2. The van der Waals surface area contributed by atoms with Crippen molar-refractivity contribution in [1.29, 1.82) is 0 Å². The highest BCUT2D eigenvalue weighted by molar-refractivity contribution is 9.10. The number of aromatic amines is 1. The molecule has 0 radical (unpaired) electrons. The van der Waals surface area contributed by atoms with Gasteiger partial charge in [0.2, 0.25) is 0 Å². The summed E-state index contributed by atoms with van der Waals surface area (Å²) in [7, 11) is 0. The van der Waals surface area contributed by atoms with Crippen molar-refractivity contribution in [3.8, 4) is 11.1 Å².